The number of hydrogen-bond acceptors (Lipinski definition) is 6. The van der Waals surface area contributed by atoms with E-state index in [1.807, 2.05) is 12.1 Å². The van der Waals surface area contributed by atoms with E-state index in [4.69, 9.17) is 14.6 Å². The number of benzene rings is 1. The van der Waals surface area contributed by atoms with Crippen LogP contribution in [0.3, 0.4) is 0 Å². The van der Waals surface area contributed by atoms with Crippen LogP contribution >= 0.6 is 11.3 Å². The fourth-order valence-electron chi connectivity index (χ4n) is 4.19. The summed E-state index contributed by atoms with van der Waals surface area (Å²) >= 11 is 1.10. The Morgan fingerprint density at radius 2 is 2.04 bits per heavy atom. The van der Waals surface area contributed by atoms with Gasteiger partial charge in [0.25, 0.3) is 5.91 Å². The van der Waals surface area contributed by atoms with Crippen molar-refractivity contribution < 1.29 is 22.7 Å². The van der Waals surface area contributed by atoms with Gasteiger partial charge in [0.05, 0.1) is 13.7 Å². The van der Waals surface area contributed by atoms with Crippen LogP contribution in [0.1, 0.15) is 33.6 Å². The van der Waals surface area contributed by atoms with Gasteiger partial charge < -0.3 is 14.4 Å². The molecule has 9 heteroatoms. The third kappa shape index (κ3) is 3.22. The molecule has 1 amide bonds. The Labute approximate surface area is 168 Å². The maximum atomic E-state index is 12.9. The lowest BCUT2D eigenvalue weighted by Gasteiger charge is -2.45. The number of rotatable bonds is 3. The Hall–Kier alpha value is -1.94. The fraction of sp³-hybridized carbons (Fsp3) is 0.421. The number of amides is 1. The summed E-state index contributed by atoms with van der Waals surface area (Å²) in [4.78, 5) is 14.7. The normalized spacial score (nSPS) is 18.7. The Morgan fingerprint density at radius 1 is 1.29 bits per heavy atom. The molecule has 1 saturated heterocycles. The number of piperidine rings is 1. The highest BCUT2D eigenvalue weighted by atomic mass is 32.2. The number of nitrogens with zero attached hydrogens (tertiary/aromatic N) is 1. The highest BCUT2D eigenvalue weighted by Gasteiger charge is 2.44. The minimum atomic E-state index is -3.93. The lowest BCUT2D eigenvalue weighted by Crippen LogP contribution is -2.48. The van der Waals surface area contributed by atoms with Gasteiger partial charge in [0.15, 0.2) is 0 Å². The van der Waals surface area contributed by atoms with Gasteiger partial charge in [0, 0.05) is 18.7 Å². The molecule has 2 aromatic rings. The second-order valence-corrected chi connectivity index (χ2v) is 9.48. The number of carbonyl (C=O) groups is 1. The number of fused-ring (bicyclic) bond motifs is 2. The van der Waals surface area contributed by atoms with Crippen molar-refractivity contribution in [2.45, 2.75) is 29.8 Å². The molecule has 1 aromatic heterocycles. The van der Waals surface area contributed by atoms with Gasteiger partial charge in [-0.3, -0.25) is 4.79 Å². The van der Waals surface area contributed by atoms with Crippen molar-refractivity contribution in [2.75, 3.05) is 26.8 Å². The average molecular weight is 423 g/mol. The third-order valence-corrected chi connectivity index (χ3v) is 7.51. The first-order chi connectivity index (χ1) is 13.4. The van der Waals surface area contributed by atoms with E-state index >= 15 is 0 Å². The second-order valence-electron chi connectivity index (χ2n) is 7.04. The van der Waals surface area contributed by atoms with E-state index in [1.165, 1.54) is 11.6 Å². The number of thiophene rings is 1. The van der Waals surface area contributed by atoms with Gasteiger partial charge in [-0.25, -0.2) is 13.6 Å². The van der Waals surface area contributed by atoms with E-state index in [1.54, 1.807) is 17.4 Å². The molecule has 150 valence electrons. The number of hydrogen-bond donors (Lipinski definition) is 1. The molecular formula is C19H22N2O5S2. The predicted octanol–water partition coefficient (Wildman–Crippen LogP) is 2.11. The average Bonchev–Trinajstić information content (AvgIpc) is 3.18. The van der Waals surface area contributed by atoms with Crippen LogP contribution in [0, 0.1) is 0 Å². The largest absolute Gasteiger partial charge is 0.496 e. The van der Waals surface area contributed by atoms with Crippen LogP contribution in [0.5, 0.6) is 5.75 Å². The Morgan fingerprint density at radius 3 is 2.71 bits per heavy atom. The van der Waals surface area contributed by atoms with Gasteiger partial charge in [-0.2, -0.15) is 0 Å². The molecule has 2 N–H and O–H groups in total. The molecule has 0 bridgehead atoms. The fourth-order valence-corrected chi connectivity index (χ4v) is 6.12. The van der Waals surface area contributed by atoms with Crippen LogP contribution < -0.4 is 9.88 Å². The molecule has 2 aliphatic rings. The molecule has 0 saturated carbocycles. The van der Waals surface area contributed by atoms with Crippen LogP contribution in [0.2, 0.25) is 0 Å². The molecule has 0 radical (unpaired) electrons. The van der Waals surface area contributed by atoms with Crippen molar-refractivity contribution in [2.24, 2.45) is 5.14 Å². The van der Waals surface area contributed by atoms with Gasteiger partial charge in [-0.15, -0.1) is 11.3 Å². The van der Waals surface area contributed by atoms with Gasteiger partial charge in [-0.05, 0) is 42.3 Å². The van der Waals surface area contributed by atoms with Crippen molar-refractivity contribution in [1.29, 1.82) is 0 Å². The monoisotopic (exact) mass is 422 g/mol. The van der Waals surface area contributed by atoms with Crippen LogP contribution in [0.15, 0.2) is 34.5 Å². The molecule has 1 spiro atoms. The van der Waals surface area contributed by atoms with Crippen molar-refractivity contribution in [1.82, 2.24) is 4.90 Å². The summed E-state index contributed by atoms with van der Waals surface area (Å²) in [6, 6.07) is 7.41. The zero-order chi connectivity index (χ0) is 19.9. The van der Waals surface area contributed by atoms with Gasteiger partial charge in [0.2, 0.25) is 10.0 Å². The van der Waals surface area contributed by atoms with Gasteiger partial charge in [0.1, 0.15) is 21.1 Å². The Balaban J connectivity index is 1.59. The maximum Gasteiger partial charge on any atom is 0.265 e. The lowest BCUT2D eigenvalue weighted by atomic mass is 9.78. The molecule has 0 atom stereocenters. The molecular weight excluding hydrogens is 400 g/mol. The summed E-state index contributed by atoms with van der Waals surface area (Å²) in [6.45, 7) is 1.57. The first-order valence-corrected chi connectivity index (χ1v) is 11.5. The molecule has 0 unspecified atom stereocenters. The first-order valence-electron chi connectivity index (χ1n) is 9.06. The summed E-state index contributed by atoms with van der Waals surface area (Å²) in [5, 5.41) is 6.81. The van der Waals surface area contributed by atoms with Gasteiger partial charge in [-0.1, -0.05) is 12.1 Å². The quantitative estimate of drug-likeness (QED) is 0.817. The van der Waals surface area contributed by atoms with Gasteiger partial charge >= 0.3 is 0 Å². The number of methoxy groups -OCH3 is 1. The highest BCUT2D eigenvalue weighted by Crippen LogP contribution is 2.46. The zero-order valence-corrected chi connectivity index (χ0v) is 17.1. The minimum Gasteiger partial charge on any atom is -0.496 e. The number of primary sulfonamides is 1. The van der Waals surface area contributed by atoms with Crippen molar-refractivity contribution >= 4 is 27.3 Å². The standard InChI is InChI=1S/C19H22N2O5S2/c1-25-14-4-2-3-13-5-11-26-19(16(13)14)7-9-21(10-8-19)18(22)17-15(6-12-27-17)28(20,23)24/h2-4,6,12H,5,7-11H2,1H3,(H2,20,23,24). The van der Waals surface area contributed by atoms with E-state index in [0.29, 0.717) is 32.5 Å². The lowest BCUT2D eigenvalue weighted by molar-refractivity contribution is -0.0946. The second kappa shape index (κ2) is 7.14. The number of carbonyl (C=O) groups excluding carboxylic acids is 1. The van der Waals surface area contributed by atoms with Crippen molar-refractivity contribution in [3.05, 3.63) is 45.6 Å². The minimum absolute atomic E-state index is 0.108. The van der Waals surface area contributed by atoms with E-state index in [-0.39, 0.29) is 15.7 Å². The van der Waals surface area contributed by atoms with Crippen molar-refractivity contribution in [3.8, 4) is 5.75 Å². The molecule has 4 rings (SSSR count). The number of likely N-dealkylation sites (tertiary alicyclic amines) is 1. The smallest absolute Gasteiger partial charge is 0.265 e. The number of nitrogens with two attached hydrogens (primary N) is 1. The molecule has 3 heterocycles. The highest BCUT2D eigenvalue weighted by molar-refractivity contribution is 7.89. The van der Waals surface area contributed by atoms with Crippen LogP contribution in [-0.2, 0) is 26.8 Å². The van der Waals surface area contributed by atoms with Crippen LogP contribution in [0.25, 0.3) is 0 Å². The summed E-state index contributed by atoms with van der Waals surface area (Å²) in [7, 11) is -2.27. The van der Waals surface area contributed by atoms with E-state index in [0.717, 1.165) is 29.1 Å². The molecule has 28 heavy (non-hydrogen) atoms. The number of ether oxygens (including phenoxy) is 2. The van der Waals surface area contributed by atoms with Crippen LogP contribution in [0.4, 0.5) is 0 Å². The molecule has 1 fully saturated rings. The third-order valence-electron chi connectivity index (χ3n) is 5.53. The maximum absolute atomic E-state index is 12.9. The predicted molar refractivity (Wildman–Crippen MR) is 105 cm³/mol. The zero-order valence-electron chi connectivity index (χ0n) is 15.5. The van der Waals surface area contributed by atoms with E-state index in [9.17, 15) is 13.2 Å². The van der Waals surface area contributed by atoms with E-state index in [2.05, 4.69) is 6.07 Å². The Bertz CT molecular complexity index is 993. The Kier molecular flexibility index (Phi) is 4.95. The first kappa shape index (κ1) is 19.4. The molecule has 0 aliphatic carbocycles. The molecule has 1 aromatic carbocycles. The molecule has 7 nitrogen and oxygen atoms in total. The summed E-state index contributed by atoms with van der Waals surface area (Å²) in [5.74, 6) is 0.511. The molecule has 2 aliphatic heterocycles. The van der Waals surface area contributed by atoms with E-state index < -0.39 is 15.6 Å². The topological polar surface area (TPSA) is 98.9 Å². The SMILES string of the molecule is COc1cccc2c1C1(CCN(C(=O)c3sccc3S(N)(=O)=O)CC1)OCC2. The summed E-state index contributed by atoms with van der Waals surface area (Å²) in [5.41, 5.74) is 1.83. The summed E-state index contributed by atoms with van der Waals surface area (Å²) in [6.07, 6.45) is 2.09. The van der Waals surface area contributed by atoms with Crippen LogP contribution in [-0.4, -0.2) is 46.0 Å². The number of sulfonamides is 1. The van der Waals surface area contributed by atoms with Crippen molar-refractivity contribution in [3.63, 3.8) is 0 Å². The summed E-state index contributed by atoms with van der Waals surface area (Å²) < 4.78 is 35.3.